The van der Waals surface area contributed by atoms with Gasteiger partial charge < -0.3 is 20.7 Å². The van der Waals surface area contributed by atoms with E-state index in [0.717, 1.165) is 33.4 Å². The zero-order valence-corrected chi connectivity index (χ0v) is 16.0. The molecule has 0 unspecified atom stereocenters. The normalized spacial score (nSPS) is 14.0. The molecule has 1 aromatic carbocycles. The number of nitrogens with zero attached hydrogens (tertiary/aromatic N) is 3. The Morgan fingerprint density at radius 2 is 2.22 bits per heavy atom. The Kier molecular flexibility index (Phi) is 4.86. The number of aliphatic hydroxyl groups is 1. The van der Waals surface area contributed by atoms with Crippen LogP contribution < -0.4 is 5.73 Å². The highest BCUT2D eigenvalue weighted by Crippen LogP contribution is 2.41. The molecule has 3 aromatic rings. The molecule has 142 valence electrons. The van der Waals surface area contributed by atoms with Crippen molar-refractivity contribution in [3.63, 3.8) is 0 Å². The maximum absolute atomic E-state index is 12.0. The van der Waals surface area contributed by atoms with Crippen molar-refractivity contribution in [2.24, 2.45) is 5.73 Å². The summed E-state index contributed by atoms with van der Waals surface area (Å²) >= 11 is 12.8. The number of carbonyl (C=O) groups is 1. The molecule has 1 amide bonds. The molecule has 0 saturated carbocycles. The van der Waals surface area contributed by atoms with Crippen LogP contribution in [0.4, 0.5) is 0 Å². The Labute approximate surface area is 165 Å². The first kappa shape index (κ1) is 18.3. The van der Waals surface area contributed by atoms with E-state index >= 15 is 0 Å². The van der Waals surface area contributed by atoms with Gasteiger partial charge in [0.15, 0.2) is 0 Å². The molecule has 4 rings (SSSR count). The van der Waals surface area contributed by atoms with Gasteiger partial charge in [-0.1, -0.05) is 23.2 Å². The predicted octanol–water partition coefficient (Wildman–Crippen LogP) is 2.17. The zero-order chi connectivity index (χ0) is 19.1. The van der Waals surface area contributed by atoms with Gasteiger partial charge >= 0.3 is 0 Å². The number of H-pyrrole nitrogens is 1. The minimum atomic E-state index is -0.499. The van der Waals surface area contributed by atoms with Gasteiger partial charge in [0.05, 0.1) is 27.8 Å². The highest BCUT2D eigenvalue weighted by Gasteiger charge is 2.27. The molecule has 7 nitrogen and oxygen atoms in total. The first-order chi connectivity index (χ1) is 13.0. The molecule has 0 radical (unpaired) electrons. The van der Waals surface area contributed by atoms with E-state index < -0.39 is 6.61 Å². The molecule has 0 saturated heterocycles. The Morgan fingerprint density at radius 1 is 1.41 bits per heavy atom. The lowest BCUT2D eigenvalue weighted by molar-refractivity contribution is -0.135. The smallest absolute Gasteiger partial charge is 0.248 e. The van der Waals surface area contributed by atoms with Gasteiger partial charge in [-0.05, 0) is 12.1 Å². The second-order valence-corrected chi connectivity index (χ2v) is 7.31. The van der Waals surface area contributed by atoms with E-state index in [1.54, 1.807) is 9.58 Å². The number of carbonyl (C=O) groups excluding carboxylic acids is 1. The molecule has 27 heavy (non-hydrogen) atoms. The van der Waals surface area contributed by atoms with Crippen LogP contribution in [0.1, 0.15) is 11.3 Å². The van der Waals surface area contributed by atoms with Crippen LogP contribution in [-0.4, -0.2) is 50.4 Å². The zero-order valence-electron chi connectivity index (χ0n) is 14.5. The number of halogens is 2. The maximum atomic E-state index is 12.0. The van der Waals surface area contributed by atoms with Gasteiger partial charge in [0, 0.05) is 54.5 Å². The second-order valence-electron chi connectivity index (χ2n) is 6.53. The van der Waals surface area contributed by atoms with Crippen LogP contribution in [0, 0.1) is 0 Å². The van der Waals surface area contributed by atoms with Crippen molar-refractivity contribution in [2.75, 3.05) is 19.7 Å². The number of nitrogens with two attached hydrogens (primary N) is 1. The molecule has 0 atom stereocenters. The Bertz CT molecular complexity index is 1030. The molecule has 3 heterocycles. The summed E-state index contributed by atoms with van der Waals surface area (Å²) < 4.78 is 1.78. The van der Waals surface area contributed by atoms with Gasteiger partial charge in [0.2, 0.25) is 5.91 Å². The summed E-state index contributed by atoms with van der Waals surface area (Å²) in [4.78, 5) is 17.0. The number of rotatable bonds is 4. The largest absolute Gasteiger partial charge is 0.387 e. The van der Waals surface area contributed by atoms with Crippen molar-refractivity contribution in [1.29, 1.82) is 0 Å². The van der Waals surface area contributed by atoms with Gasteiger partial charge in [-0.2, -0.15) is 5.10 Å². The molecule has 1 aliphatic heterocycles. The van der Waals surface area contributed by atoms with Gasteiger partial charge in [0.1, 0.15) is 6.61 Å². The SMILES string of the molecule is NCCn1ccc(-c2cc(Cl)c(Cl)c3[nH]c4c(c23)CN(C(=O)CO)CC4)n1. The number of benzene rings is 1. The lowest BCUT2D eigenvalue weighted by Gasteiger charge is -2.26. The molecule has 4 N–H and O–H groups in total. The standard InChI is InChI=1S/C18H19Cl2N5O2/c19-12-7-10(14-2-5-25(23-14)6-3-21)16-11-8-24(15(27)9-26)4-1-13(11)22-18(16)17(12)20/h2,5,7,22,26H,1,3-4,6,8-9,21H2. The van der Waals surface area contributed by atoms with Crippen LogP contribution in [0.2, 0.25) is 10.0 Å². The van der Waals surface area contributed by atoms with Crippen molar-refractivity contribution in [1.82, 2.24) is 19.7 Å². The maximum Gasteiger partial charge on any atom is 0.248 e. The number of aliphatic hydroxyl groups excluding tert-OH is 1. The van der Waals surface area contributed by atoms with Gasteiger partial charge in [-0.25, -0.2) is 0 Å². The summed E-state index contributed by atoms with van der Waals surface area (Å²) in [6, 6.07) is 3.72. The number of nitrogens with one attached hydrogen (secondary N) is 1. The first-order valence-corrected chi connectivity index (χ1v) is 9.43. The number of hydrogen-bond acceptors (Lipinski definition) is 4. The molecule has 1 aliphatic rings. The van der Waals surface area contributed by atoms with Crippen LogP contribution in [-0.2, 0) is 24.3 Å². The van der Waals surface area contributed by atoms with Gasteiger partial charge in [-0.3, -0.25) is 9.48 Å². The fraction of sp³-hybridized carbons (Fsp3) is 0.333. The average molecular weight is 408 g/mol. The van der Waals surface area contributed by atoms with E-state index in [1.165, 1.54) is 0 Å². The summed E-state index contributed by atoms with van der Waals surface area (Å²) in [7, 11) is 0. The topological polar surface area (TPSA) is 100 Å². The van der Waals surface area contributed by atoms with Crippen molar-refractivity contribution >= 4 is 40.0 Å². The molecule has 0 fully saturated rings. The summed E-state index contributed by atoms with van der Waals surface area (Å²) in [6.45, 7) is 1.57. The number of aromatic nitrogens is 3. The average Bonchev–Trinajstić information content (AvgIpc) is 3.29. The van der Waals surface area contributed by atoms with E-state index in [9.17, 15) is 9.90 Å². The third-order valence-corrected chi connectivity index (χ3v) is 5.69. The van der Waals surface area contributed by atoms with Crippen molar-refractivity contribution in [2.45, 2.75) is 19.5 Å². The second kappa shape index (κ2) is 7.16. The van der Waals surface area contributed by atoms with Crippen LogP contribution in [0.25, 0.3) is 22.2 Å². The van der Waals surface area contributed by atoms with Gasteiger partial charge in [0.25, 0.3) is 0 Å². The van der Waals surface area contributed by atoms with Crippen LogP contribution in [0.3, 0.4) is 0 Å². The number of hydrogen-bond donors (Lipinski definition) is 3. The van der Waals surface area contributed by atoms with Crippen molar-refractivity contribution in [3.8, 4) is 11.3 Å². The molecule has 0 bridgehead atoms. The van der Waals surface area contributed by atoms with Crippen LogP contribution in [0.15, 0.2) is 18.3 Å². The van der Waals surface area contributed by atoms with Gasteiger partial charge in [-0.15, -0.1) is 0 Å². The van der Waals surface area contributed by atoms with Crippen molar-refractivity contribution in [3.05, 3.63) is 39.6 Å². The molecular formula is C18H19Cl2N5O2. The summed E-state index contributed by atoms with van der Waals surface area (Å²) in [5.41, 5.74) is 9.99. The minimum absolute atomic E-state index is 0.288. The summed E-state index contributed by atoms with van der Waals surface area (Å²) in [5.74, 6) is -0.288. The first-order valence-electron chi connectivity index (χ1n) is 8.67. The molecule has 0 aliphatic carbocycles. The van der Waals surface area contributed by atoms with E-state index in [2.05, 4.69) is 10.1 Å². The van der Waals surface area contributed by atoms with E-state index in [1.807, 2.05) is 18.3 Å². The highest BCUT2D eigenvalue weighted by atomic mass is 35.5. The number of aromatic amines is 1. The number of fused-ring (bicyclic) bond motifs is 3. The van der Waals surface area contributed by atoms with Crippen molar-refractivity contribution < 1.29 is 9.90 Å². The predicted molar refractivity (Wildman–Crippen MR) is 105 cm³/mol. The molecule has 9 heteroatoms. The fourth-order valence-electron chi connectivity index (χ4n) is 3.62. The summed E-state index contributed by atoms with van der Waals surface area (Å²) in [5, 5.41) is 15.6. The third-order valence-electron chi connectivity index (χ3n) is 4.90. The Hall–Kier alpha value is -2.06. The monoisotopic (exact) mass is 407 g/mol. The Balaban J connectivity index is 1.90. The molecule has 2 aromatic heterocycles. The van der Waals surface area contributed by atoms with Crippen LogP contribution >= 0.6 is 23.2 Å². The van der Waals surface area contributed by atoms with E-state index in [-0.39, 0.29) is 5.91 Å². The van der Waals surface area contributed by atoms with Crippen LogP contribution in [0.5, 0.6) is 0 Å². The lowest BCUT2D eigenvalue weighted by atomic mass is 9.99. The summed E-state index contributed by atoms with van der Waals surface area (Å²) in [6.07, 6.45) is 2.53. The van der Waals surface area contributed by atoms with E-state index in [4.69, 9.17) is 28.9 Å². The third kappa shape index (κ3) is 3.10. The molecule has 0 spiro atoms. The Morgan fingerprint density at radius 3 is 2.96 bits per heavy atom. The minimum Gasteiger partial charge on any atom is -0.387 e. The molecular weight excluding hydrogens is 389 g/mol. The van der Waals surface area contributed by atoms with E-state index in [0.29, 0.717) is 42.6 Å². The lowest BCUT2D eigenvalue weighted by Crippen LogP contribution is -2.37. The fourth-order valence-corrected chi connectivity index (χ4v) is 4.02. The highest BCUT2D eigenvalue weighted by molar-refractivity contribution is 6.45. The number of amides is 1. The quantitative estimate of drug-likeness (QED) is 0.616.